The van der Waals surface area contributed by atoms with Gasteiger partial charge in [0.25, 0.3) is 0 Å². The van der Waals surface area contributed by atoms with E-state index in [1.165, 1.54) is 40.9 Å². The van der Waals surface area contributed by atoms with Crippen molar-refractivity contribution in [2.75, 3.05) is 26.4 Å². The lowest BCUT2D eigenvalue weighted by Gasteiger charge is -2.39. The minimum atomic E-state index is -5.89. The van der Waals surface area contributed by atoms with E-state index >= 15 is 26.3 Å². The number of allylic oxidation sites excluding steroid dienone is 2. The van der Waals surface area contributed by atoms with Crippen molar-refractivity contribution in [3.8, 4) is 21.3 Å². The summed E-state index contributed by atoms with van der Waals surface area (Å²) in [5.41, 5.74) is -3.89. The Bertz CT molecular complexity index is 3380. The third-order valence-corrected chi connectivity index (χ3v) is 21.8. The molecule has 7 nitrogen and oxygen atoms in total. The van der Waals surface area contributed by atoms with E-state index in [9.17, 15) is 9.59 Å². The largest absolute Gasteiger partial charge is 0.490 e. The first-order chi connectivity index (χ1) is 37.3. The van der Waals surface area contributed by atoms with Crippen molar-refractivity contribution in [1.82, 2.24) is 0 Å². The van der Waals surface area contributed by atoms with Gasteiger partial charge < -0.3 is 23.4 Å². The average Bonchev–Trinajstić information content (AvgIpc) is 2.57. The molecule has 1 unspecified atom stereocenters. The SMILES string of the molecule is CCOC(=O)CCCOc1cc2oc3c(c2cc1OCCCC(=O)OCC)C1=C(c2cc(-c4cc5c(s4)C(C)(C)CCC5(C)C)sc2C3(c2ccc(C(C)(C)C)cc2)c2cc3c(s2)C(C)(C)CCC3(C)C)C(F)(F)C(F)(F)C1(F)F. The molecule has 0 bridgehead atoms. The zero-order valence-corrected chi connectivity index (χ0v) is 50.5. The van der Waals surface area contributed by atoms with Crippen LogP contribution in [0.15, 0.2) is 59.0 Å². The summed E-state index contributed by atoms with van der Waals surface area (Å²) in [6.07, 6.45) is 3.80. The van der Waals surface area contributed by atoms with Crippen LogP contribution in [-0.2, 0) is 51.6 Å². The van der Waals surface area contributed by atoms with Gasteiger partial charge in [-0.2, -0.15) is 26.3 Å². The van der Waals surface area contributed by atoms with E-state index in [0.29, 0.717) is 15.3 Å². The molecule has 0 saturated heterocycles. The lowest BCUT2D eigenvalue weighted by molar-refractivity contribution is -0.254. The number of esters is 2. The third kappa shape index (κ3) is 9.17. The molecule has 1 atom stereocenters. The van der Waals surface area contributed by atoms with Gasteiger partial charge in [0.15, 0.2) is 11.5 Å². The lowest BCUT2D eigenvalue weighted by Crippen LogP contribution is -2.49. The molecule has 2 aromatic carbocycles. The monoisotopic (exact) mass is 1160 g/mol. The lowest BCUT2D eigenvalue weighted by atomic mass is 9.66. The minimum Gasteiger partial charge on any atom is -0.490 e. The van der Waals surface area contributed by atoms with Crippen LogP contribution in [0.3, 0.4) is 0 Å². The summed E-state index contributed by atoms with van der Waals surface area (Å²) in [4.78, 5) is 28.9. The number of rotatable bonds is 15. The standard InChI is InChI=1S/C64H72F6O7S3/c1-14-73-47(71)18-16-28-75-42-30-37-41(34-43(42)76-29-17-19-48(72)74-15-2)77-52-49(37)51-50(62(65,66)64(69,70)63(51,67)68)38-31-44(45-32-39-54(79-45)59(10,11)26-24-57(39,6)7)78-53(38)61(52,36-22-20-35(21-23-36)56(3,4)5)46-33-40-55(80-46)60(12,13)27-25-58(40,8)9/h20-23,30-34H,14-19,24-29H2,1-13H3. The summed E-state index contributed by atoms with van der Waals surface area (Å²) in [7, 11) is 0. The van der Waals surface area contributed by atoms with Crippen LogP contribution >= 0.6 is 34.0 Å². The Hall–Kier alpha value is -5.06. The molecule has 0 radical (unpaired) electrons. The van der Waals surface area contributed by atoms with Crippen LogP contribution in [0.5, 0.6) is 11.5 Å². The van der Waals surface area contributed by atoms with Gasteiger partial charge in [-0.25, -0.2) is 0 Å². The minimum absolute atomic E-state index is 0.0129. The number of fused-ring (bicyclic) bond motifs is 8. The second kappa shape index (κ2) is 19.8. The van der Waals surface area contributed by atoms with Crippen LogP contribution in [-0.4, -0.2) is 56.1 Å². The Kier molecular flexibility index (Phi) is 14.4. The summed E-state index contributed by atoms with van der Waals surface area (Å²) in [5.74, 6) is -17.9. The molecule has 4 aliphatic carbocycles. The molecule has 4 aromatic heterocycles. The maximum absolute atomic E-state index is 17.8. The van der Waals surface area contributed by atoms with E-state index in [2.05, 4.69) is 88.3 Å². The Morgan fingerprint density at radius 1 is 0.600 bits per heavy atom. The maximum Gasteiger partial charge on any atom is 0.380 e. The van der Waals surface area contributed by atoms with E-state index < -0.39 is 57.4 Å². The highest BCUT2D eigenvalue weighted by atomic mass is 32.1. The highest BCUT2D eigenvalue weighted by Crippen LogP contribution is 2.71. The molecule has 0 amide bonds. The van der Waals surface area contributed by atoms with Gasteiger partial charge in [0.2, 0.25) is 0 Å². The Morgan fingerprint density at radius 3 is 1.61 bits per heavy atom. The number of furan rings is 1. The fourth-order valence-corrected chi connectivity index (χ4v) is 17.0. The number of alkyl halides is 6. The summed E-state index contributed by atoms with van der Waals surface area (Å²) in [6, 6.07) is 16.1. The van der Waals surface area contributed by atoms with Gasteiger partial charge in [0, 0.05) is 75.8 Å². The molecule has 0 spiro atoms. The molecule has 0 saturated carbocycles. The van der Waals surface area contributed by atoms with Gasteiger partial charge in [-0.15, -0.1) is 34.0 Å². The van der Waals surface area contributed by atoms with Gasteiger partial charge in [-0.3, -0.25) is 9.59 Å². The zero-order valence-electron chi connectivity index (χ0n) is 48.0. The first-order valence-corrected chi connectivity index (χ1v) is 30.3. The number of ether oxygens (including phenoxy) is 4. The van der Waals surface area contributed by atoms with Crippen LogP contribution < -0.4 is 9.47 Å². The number of hydrogen-bond donors (Lipinski definition) is 0. The molecule has 16 heteroatoms. The van der Waals surface area contributed by atoms with Crippen molar-refractivity contribution < 1.29 is 59.3 Å². The average molecular weight is 1160 g/mol. The van der Waals surface area contributed by atoms with E-state index in [1.807, 2.05) is 24.3 Å². The molecule has 10 rings (SSSR count). The fourth-order valence-electron chi connectivity index (χ4n) is 12.3. The molecule has 430 valence electrons. The second-order valence-electron chi connectivity index (χ2n) is 25.8. The van der Waals surface area contributed by atoms with Gasteiger partial charge in [0.1, 0.15) is 16.8 Å². The van der Waals surface area contributed by atoms with Crippen LogP contribution in [0.25, 0.3) is 31.9 Å². The van der Waals surface area contributed by atoms with Crippen molar-refractivity contribution in [1.29, 1.82) is 0 Å². The van der Waals surface area contributed by atoms with Gasteiger partial charge in [-0.05, 0) is 126 Å². The number of benzene rings is 2. The molecule has 4 aliphatic rings. The number of halogens is 6. The molecule has 0 N–H and O–H groups in total. The first-order valence-electron chi connectivity index (χ1n) is 27.9. The van der Waals surface area contributed by atoms with Crippen molar-refractivity contribution >= 4 is 68.1 Å². The molecular formula is C64H72F6O7S3. The van der Waals surface area contributed by atoms with Crippen molar-refractivity contribution in [2.24, 2.45) is 0 Å². The number of carbonyl (C=O) groups excluding carboxylic acids is 2. The highest BCUT2D eigenvalue weighted by molar-refractivity contribution is 7.22. The van der Waals surface area contributed by atoms with Crippen LogP contribution in [0.4, 0.5) is 26.3 Å². The first kappa shape index (κ1) is 58.1. The highest BCUT2D eigenvalue weighted by Gasteiger charge is 2.81. The van der Waals surface area contributed by atoms with Crippen LogP contribution in [0.1, 0.15) is 200 Å². The van der Waals surface area contributed by atoms with Gasteiger partial charge in [0.05, 0.1) is 26.4 Å². The molecule has 0 fully saturated rings. The molecule has 6 aromatic rings. The Balaban J connectivity index is 1.35. The van der Waals surface area contributed by atoms with Crippen molar-refractivity contribution in [3.63, 3.8) is 0 Å². The summed E-state index contributed by atoms with van der Waals surface area (Å²) < 4.78 is 135. The summed E-state index contributed by atoms with van der Waals surface area (Å²) in [5, 5.41) is -0.177. The van der Waals surface area contributed by atoms with E-state index in [-0.39, 0.29) is 112 Å². The predicted octanol–water partition coefficient (Wildman–Crippen LogP) is 18.3. The van der Waals surface area contributed by atoms with E-state index in [4.69, 9.17) is 23.4 Å². The van der Waals surface area contributed by atoms with E-state index in [1.54, 1.807) is 13.8 Å². The fraction of sp³-hybridized carbons (Fsp3) is 0.531. The molecule has 4 heterocycles. The Morgan fingerprint density at radius 2 is 1.09 bits per heavy atom. The van der Waals surface area contributed by atoms with Crippen LogP contribution in [0, 0.1) is 0 Å². The van der Waals surface area contributed by atoms with Crippen molar-refractivity contribution in [2.45, 2.75) is 192 Å². The summed E-state index contributed by atoms with van der Waals surface area (Å²) >= 11 is 4.18. The number of carbonyl (C=O) groups is 2. The normalized spacial score (nSPS) is 21.4. The maximum atomic E-state index is 17.8. The topological polar surface area (TPSA) is 84.2 Å². The van der Waals surface area contributed by atoms with Crippen LogP contribution in [0.2, 0.25) is 0 Å². The number of hydrogen-bond acceptors (Lipinski definition) is 10. The van der Waals surface area contributed by atoms with Gasteiger partial charge >= 0.3 is 29.7 Å². The predicted molar refractivity (Wildman–Crippen MR) is 307 cm³/mol. The number of thiophene rings is 3. The zero-order chi connectivity index (χ0) is 58.1. The van der Waals surface area contributed by atoms with E-state index in [0.717, 1.165) is 68.3 Å². The Labute approximate surface area is 477 Å². The quantitative estimate of drug-likeness (QED) is 0.0575. The smallest absolute Gasteiger partial charge is 0.380 e. The van der Waals surface area contributed by atoms with Crippen molar-refractivity contribution in [3.05, 3.63) is 113 Å². The van der Waals surface area contributed by atoms with Gasteiger partial charge in [-0.1, -0.05) is 100 Å². The molecule has 80 heavy (non-hydrogen) atoms. The molecular weight excluding hydrogens is 1090 g/mol. The third-order valence-electron chi connectivity index (χ3n) is 17.2. The molecule has 0 aliphatic heterocycles. The summed E-state index contributed by atoms with van der Waals surface area (Å²) in [6.45, 7) is 27.2. The second-order valence-corrected chi connectivity index (χ2v) is 28.9.